The molecule has 1 aromatic carbocycles. The number of ketones is 1. The molecule has 0 saturated carbocycles. The molecule has 1 aromatic rings. The third kappa shape index (κ3) is 3.76. The van der Waals surface area contributed by atoms with Crippen LogP contribution in [0.1, 0.15) is 45.6 Å². The predicted octanol–water partition coefficient (Wildman–Crippen LogP) is 3.39. The second-order valence-electron chi connectivity index (χ2n) is 8.01. The fraction of sp³-hybridized carbons (Fsp3) is 0.435. The lowest BCUT2D eigenvalue weighted by Gasteiger charge is -2.38. The molecule has 6 nitrogen and oxygen atoms in total. The minimum Gasteiger partial charge on any atom is -0.468 e. The Kier molecular flexibility index (Phi) is 6.10. The number of dihydropyridines is 1. The van der Waals surface area contributed by atoms with Crippen molar-refractivity contribution in [1.82, 2.24) is 5.32 Å². The Morgan fingerprint density at radius 2 is 1.90 bits per heavy atom. The van der Waals surface area contributed by atoms with Gasteiger partial charge in [-0.1, -0.05) is 25.1 Å². The average molecular weight is 415 g/mol. The molecular weight excluding hydrogens is 389 g/mol. The number of ether oxygens (including phenoxy) is 2. The zero-order valence-electron chi connectivity index (χ0n) is 17.7. The summed E-state index contributed by atoms with van der Waals surface area (Å²) >= 11 is 0. The van der Waals surface area contributed by atoms with Gasteiger partial charge in [0, 0.05) is 22.5 Å². The predicted molar refractivity (Wildman–Crippen MR) is 108 cm³/mol. The van der Waals surface area contributed by atoms with Crippen LogP contribution in [0.25, 0.3) is 0 Å². The van der Waals surface area contributed by atoms with Crippen LogP contribution in [0.4, 0.5) is 4.39 Å². The maximum Gasteiger partial charge on any atom is 0.337 e. The highest BCUT2D eigenvalue weighted by atomic mass is 19.1. The van der Waals surface area contributed by atoms with E-state index in [4.69, 9.17) is 9.47 Å². The second-order valence-corrected chi connectivity index (χ2v) is 8.01. The highest BCUT2D eigenvalue weighted by molar-refractivity contribution is 6.12. The normalized spacial score (nSPS) is 23.8. The number of methoxy groups -OCH3 is 1. The SMILES string of the molecule is COC(=O)[C@@H]1C(=O)C2=C(C[C@@H]1C)NC(C)=C(C(=O)OC(C)C)[C@H]2c1ccccc1F. The summed E-state index contributed by atoms with van der Waals surface area (Å²) in [6.07, 6.45) is 0.00896. The van der Waals surface area contributed by atoms with Gasteiger partial charge >= 0.3 is 11.9 Å². The monoisotopic (exact) mass is 415 g/mol. The van der Waals surface area contributed by atoms with Gasteiger partial charge in [0.1, 0.15) is 11.7 Å². The van der Waals surface area contributed by atoms with Crippen molar-refractivity contribution >= 4 is 17.7 Å². The average Bonchev–Trinajstić information content (AvgIpc) is 2.66. The van der Waals surface area contributed by atoms with Crippen molar-refractivity contribution in [2.24, 2.45) is 11.8 Å². The highest BCUT2D eigenvalue weighted by Crippen LogP contribution is 2.46. The molecule has 0 fully saturated rings. The van der Waals surface area contributed by atoms with Gasteiger partial charge in [0.05, 0.1) is 24.7 Å². The summed E-state index contributed by atoms with van der Waals surface area (Å²) in [6.45, 7) is 6.93. The first-order chi connectivity index (χ1) is 14.2. The van der Waals surface area contributed by atoms with Crippen LogP contribution in [0.3, 0.4) is 0 Å². The van der Waals surface area contributed by atoms with E-state index >= 15 is 0 Å². The molecule has 1 aliphatic heterocycles. The Morgan fingerprint density at radius 3 is 2.50 bits per heavy atom. The molecule has 0 amide bonds. The number of carbonyl (C=O) groups excluding carboxylic acids is 3. The molecule has 1 heterocycles. The summed E-state index contributed by atoms with van der Waals surface area (Å²) in [4.78, 5) is 38.8. The Bertz CT molecular complexity index is 962. The maximum atomic E-state index is 14.9. The third-order valence-corrected chi connectivity index (χ3v) is 5.52. The van der Waals surface area contributed by atoms with Crippen LogP contribution < -0.4 is 5.32 Å². The largest absolute Gasteiger partial charge is 0.468 e. The van der Waals surface area contributed by atoms with E-state index in [0.717, 1.165) is 0 Å². The van der Waals surface area contributed by atoms with Gasteiger partial charge in [-0.25, -0.2) is 9.18 Å². The number of carbonyl (C=O) groups is 3. The summed E-state index contributed by atoms with van der Waals surface area (Å²) in [5.74, 6) is -4.54. The minimum atomic E-state index is -1.01. The maximum absolute atomic E-state index is 14.9. The fourth-order valence-corrected chi connectivity index (χ4v) is 4.25. The van der Waals surface area contributed by atoms with Crippen LogP contribution in [0.15, 0.2) is 46.8 Å². The van der Waals surface area contributed by atoms with Crippen molar-refractivity contribution in [2.45, 2.75) is 46.1 Å². The first-order valence-corrected chi connectivity index (χ1v) is 9.95. The van der Waals surface area contributed by atoms with E-state index in [1.165, 1.54) is 13.2 Å². The van der Waals surface area contributed by atoms with Crippen molar-refractivity contribution in [3.05, 3.63) is 58.2 Å². The fourth-order valence-electron chi connectivity index (χ4n) is 4.25. The number of esters is 2. The molecular formula is C23H26FNO5. The van der Waals surface area contributed by atoms with E-state index in [9.17, 15) is 18.8 Å². The number of Topliss-reactive ketones (excluding diaryl/α,β-unsaturated/α-hetero) is 1. The first-order valence-electron chi connectivity index (χ1n) is 9.95. The molecule has 0 aromatic heterocycles. The van der Waals surface area contributed by atoms with Gasteiger partial charge in [-0.15, -0.1) is 0 Å². The number of nitrogens with one attached hydrogen (secondary N) is 1. The van der Waals surface area contributed by atoms with Crippen molar-refractivity contribution in [1.29, 1.82) is 0 Å². The summed E-state index contributed by atoms with van der Waals surface area (Å²) in [6, 6.07) is 6.02. The molecule has 160 valence electrons. The van der Waals surface area contributed by atoms with Crippen molar-refractivity contribution < 1.29 is 28.2 Å². The molecule has 0 unspecified atom stereocenters. The molecule has 0 spiro atoms. The summed E-state index contributed by atoms with van der Waals surface area (Å²) < 4.78 is 25.1. The molecule has 0 bridgehead atoms. The quantitative estimate of drug-likeness (QED) is 0.600. The van der Waals surface area contributed by atoms with E-state index in [1.807, 2.05) is 0 Å². The number of hydrogen-bond acceptors (Lipinski definition) is 6. The van der Waals surface area contributed by atoms with Crippen LogP contribution in [0, 0.1) is 17.7 Å². The van der Waals surface area contributed by atoms with E-state index in [1.54, 1.807) is 45.9 Å². The van der Waals surface area contributed by atoms with Crippen LogP contribution in [-0.4, -0.2) is 30.9 Å². The van der Waals surface area contributed by atoms with E-state index in [-0.39, 0.29) is 28.7 Å². The number of halogens is 1. The lowest BCUT2D eigenvalue weighted by atomic mass is 9.69. The van der Waals surface area contributed by atoms with Gasteiger partial charge in [0.25, 0.3) is 0 Å². The summed E-state index contributed by atoms with van der Waals surface area (Å²) in [5.41, 5.74) is 1.67. The van der Waals surface area contributed by atoms with Gasteiger partial charge in [0.2, 0.25) is 0 Å². The van der Waals surface area contributed by atoms with Gasteiger partial charge in [-0.2, -0.15) is 0 Å². The van der Waals surface area contributed by atoms with Gasteiger partial charge in [0.15, 0.2) is 5.78 Å². The van der Waals surface area contributed by atoms with Crippen LogP contribution >= 0.6 is 0 Å². The molecule has 3 atom stereocenters. The standard InChI is InChI=1S/C23H26FNO5/c1-11(2)30-23(28)18-13(4)25-16-10-12(3)17(22(27)29-5)21(26)20(16)19(18)14-8-6-7-9-15(14)24/h6-9,11-12,17,19,25H,10H2,1-5H3/t12-,17-,19+/m0/s1. The van der Waals surface area contributed by atoms with Crippen molar-refractivity contribution in [3.8, 4) is 0 Å². The van der Waals surface area contributed by atoms with Crippen LogP contribution in [-0.2, 0) is 23.9 Å². The second kappa shape index (κ2) is 8.42. The molecule has 1 N–H and O–H groups in total. The molecule has 30 heavy (non-hydrogen) atoms. The molecule has 0 saturated heterocycles. The smallest absolute Gasteiger partial charge is 0.337 e. The lowest BCUT2D eigenvalue weighted by Crippen LogP contribution is -2.43. The Morgan fingerprint density at radius 1 is 1.23 bits per heavy atom. The third-order valence-electron chi connectivity index (χ3n) is 5.52. The molecule has 1 aliphatic carbocycles. The van der Waals surface area contributed by atoms with Crippen LogP contribution in [0.2, 0.25) is 0 Å². The van der Waals surface area contributed by atoms with E-state index < -0.39 is 35.4 Å². The number of hydrogen-bond donors (Lipinski definition) is 1. The molecule has 2 aliphatic rings. The van der Waals surface area contributed by atoms with E-state index in [0.29, 0.717) is 17.8 Å². The first kappa shape index (κ1) is 21.7. The van der Waals surface area contributed by atoms with Crippen LogP contribution in [0.5, 0.6) is 0 Å². The minimum absolute atomic E-state index is 0.166. The number of benzene rings is 1. The number of rotatable bonds is 4. The topological polar surface area (TPSA) is 81.7 Å². The van der Waals surface area contributed by atoms with Gasteiger partial charge < -0.3 is 14.8 Å². The Labute approximate surface area is 175 Å². The van der Waals surface area contributed by atoms with Crippen molar-refractivity contribution in [3.63, 3.8) is 0 Å². The zero-order valence-corrected chi connectivity index (χ0v) is 17.7. The summed E-state index contributed by atoms with van der Waals surface area (Å²) in [5, 5.41) is 3.14. The van der Waals surface area contributed by atoms with E-state index in [2.05, 4.69) is 5.32 Å². The lowest BCUT2D eigenvalue weighted by molar-refractivity contribution is -0.151. The van der Waals surface area contributed by atoms with Crippen molar-refractivity contribution in [2.75, 3.05) is 7.11 Å². The Balaban J connectivity index is 2.21. The molecule has 7 heteroatoms. The Hall–Kier alpha value is -2.96. The molecule has 0 radical (unpaired) electrons. The highest BCUT2D eigenvalue weighted by Gasteiger charge is 2.47. The summed E-state index contributed by atoms with van der Waals surface area (Å²) in [7, 11) is 1.23. The van der Waals surface area contributed by atoms with Gasteiger partial charge in [-0.3, -0.25) is 9.59 Å². The molecule has 3 rings (SSSR count). The zero-order chi connectivity index (χ0) is 22.2. The number of allylic oxidation sites excluding steroid dienone is 3. The van der Waals surface area contributed by atoms with Gasteiger partial charge in [-0.05, 0) is 39.2 Å².